The number of rotatable bonds is 3. The van der Waals surface area contributed by atoms with Gasteiger partial charge in [-0.15, -0.1) is 0 Å². The molecule has 5 nitrogen and oxygen atoms in total. The predicted molar refractivity (Wildman–Crippen MR) is 71.2 cm³/mol. The van der Waals surface area contributed by atoms with Gasteiger partial charge in [0.25, 0.3) is 0 Å². The maximum atomic E-state index is 11.8. The van der Waals surface area contributed by atoms with Crippen LogP contribution in [-0.2, 0) is 4.74 Å². The highest BCUT2D eigenvalue weighted by molar-refractivity contribution is 7.98. The second-order valence-corrected chi connectivity index (χ2v) is 4.90. The van der Waals surface area contributed by atoms with E-state index in [4.69, 9.17) is 4.74 Å². The third-order valence-electron chi connectivity index (χ3n) is 3.01. The Labute approximate surface area is 111 Å². The fraction of sp³-hybridized carbons (Fsp3) is 0.583. The Hall–Kier alpha value is -1.30. The molecule has 98 valence electrons. The highest BCUT2D eigenvalue weighted by atomic mass is 32.2. The van der Waals surface area contributed by atoms with Crippen LogP contribution in [0, 0.1) is 0 Å². The molecule has 0 spiro atoms. The third kappa shape index (κ3) is 2.75. The standard InChI is InChI=1S/C12H17N3O2S/c1-17-11(16)10-9(8-13-12(14-10)18-2)15-6-4-3-5-7-15/h8H,3-7H2,1-2H3. The van der Waals surface area contributed by atoms with Gasteiger partial charge in [-0.2, -0.15) is 0 Å². The zero-order chi connectivity index (χ0) is 13.0. The molecular weight excluding hydrogens is 250 g/mol. The van der Waals surface area contributed by atoms with Crippen molar-refractivity contribution in [3.63, 3.8) is 0 Å². The SMILES string of the molecule is COC(=O)c1nc(SC)ncc1N1CCCCC1. The van der Waals surface area contributed by atoms with Gasteiger partial charge in [0.15, 0.2) is 10.9 Å². The fourth-order valence-corrected chi connectivity index (χ4v) is 2.41. The molecule has 0 unspecified atom stereocenters. The maximum Gasteiger partial charge on any atom is 0.358 e. The molecule has 1 aromatic rings. The molecule has 2 heterocycles. The van der Waals surface area contributed by atoms with Gasteiger partial charge in [-0.1, -0.05) is 11.8 Å². The van der Waals surface area contributed by atoms with Crippen molar-refractivity contribution in [3.05, 3.63) is 11.9 Å². The minimum atomic E-state index is -0.395. The van der Waals surface area contributed by atoms with E-state index in [-0.39, 0.29) is 0 Å². The number of hydrogen-bond acceptors (Lipinski definition) is 6. The first kappa shape index (κ1) is 13.1. The van der Waals surface area contributed by atoms with Crippen LogP contribution >= 0.6 is 11.8 Å². The third-order valence-corrected chi connectivity index (χ3v) is 3.57. The van der Waals surface area contributed by atoms with Crippen molar-refractivity contribution in [2.45, 2.75) is 24.4 Å². The van der Waals surface area contributed by atoms with Gasteiger partial charge in [0.05, 0.1) is 19.0 Å². The Morgan fingerprint density at radius 3 is 2.72 bits per heavy atom. The summed E-state index contributed by atoms with van der Waals surface area (Å²) < 4.78 is 4.80. The van der Waals surface area contributed by atoms with Crippen LogP contribution in [-0.4, -0.2) is 42.4 Å². The van der Waals surface area contributed by atoms with E-state index >= 15 is 0 Å². The van der Waals surface area contributed by atoms with Crippen LogP contribution in [0.4, 0.5) is 5.69 Å². The average Bonchev–Trinajstić information content (AvgIpc) is 2.46. The lowest BCUT2D eigenvalue weighted by molar-refractivity contribution is 0.0593. The van der Waals surface area contributed by atoms with Crippen LogP contribution < -0.4 is 4.90 Å². The molecule has 0 saturated carbocycles. The summed E-state index contributed by atoms with van der Waals surface area (Å²) in [5, 5.41) is 0.594. The smallest absolute Gasteiger partial charge is 0.358 e. The summed E-state index contributed by atoms with van der Waals surface area (Å²) in [5.74, 6) is -0.395. The average molecular weight is 267 g/mol. The van der Waals surface area contributed by atoms with E-state index in [9.17, 15) is 4.79 Å². The summed E-state index contributed by atoms with van der Waals surface area (Å²) in [6, 6.07) is 0. The van der Waals surface area contributed by atoms with E-state index in [1.54, 1.807) is 6.20 Å². The summed E-state index contributed by atoms with van der Waals surface area (Å²) in [5.41, 5.74) is 1.16. The molecule has 0 amide bonds. The number of carbonyl (C=O) groups excluding carboxylic acids is 1. The first-order valence-electron chi connectivity index (χ1n) is 6.00. The van der Waals surface area contributed by atoms with Crippen molar-refractivity contribution in [1.29, 1.82) is 0 Å². The molecule has 0 aromatic carbocycles. The number of piperidine rings is 1. The van der Waals surface area contributed by atoms with E-state index in [1.807, 2.05) is 6.26 Å². The van der Waals surface area contributed by atoms with Crippen LogP contribution in [0.3, 0.4) is 0 Å². The number of nitrogens with zero attached hydrogens (tertiary/aromatic N) is 3. The molecule has 1 aliphatic rings. The van der Waals surface area contributed by atoms with E-state index in [0.29, 0.717) is 10.9 Å². The minimum Gasteiger partial charge on any atom is -0.464 e. The zero-order valence-corrected chi connectivity index (χ0v) is 11.5. The van der Waals surface area contributed by atoms with Gasteiger partial charge in [-0.05, 0) is 25.5 Å². The number of thioether (sulfide) groups is 1. The molecule has 1 saturated heterocycles. The lowest BCUT2D eigenvalue weighted by Crippen LogP contribution is -2.31. The largest absolute Gasteiger partial charge is 0.464 e. The lowest BCUT2D eigenvalue weighted by Gasteiger charge is -2.29. The van der Waals surface area contributed by atoms with Crippen molar-refractivity contribution < 1.29 is 9.53 Å². The summed E-state index contributed by atoms with van der Waals surface area (Å²) in [4.78, 5) is 22.5. The molecule has 0 bridgehead atoms. The highest BCUT2D eigenvalue weighted by Gasteiger charge is 2.21. The molecule has 18 heavy (non-hydrogen) atoms. The molecule has 6 heteroatoms. The molecule has 0 aliphatic carbocycles. The van der Waals surface area contributed by atoms with Crippen LogP contribution in [0.1, 0.15) is 29.8 Å². The molecule has 1 aromatic heterocycles. The van der Waals surface area contributed by atoms with Crippen LogP contribution in [0.15, 0.2) is 11.4 Å². The molecule has 0 N–H and O–H groups in total. The summed E-state index contributed by atoms with van der Waals surface area (Å²) in [7, 11) is 1.38. The van der Waals surface area contributed by atoms with Crippen LogP contribution in [0.2, 0.25) is 0 Å². The monoisotopic (exact) mass is 267 g/mol. The van der Waals surface area contributed by atoms with Crippen molar-refractivity contribution in [1.82, 2.24) is 9.97 Å². The summed E-state index contributed by atoms with van der Waals surface area (Å²) >= 11 is 1.42. The van der Waals surface area contributed by atoms with Gasteiger partial charge in [0, 0.05) is 13.1 Å². The zero-order valence-electron chi connectivity index (χ0n) is 10.7. The van der Waals surface area contributed by atoms with Crippen molar-refractivity contribution in [2.24, 2.45) is 0 Å². The van der Waals surface area contributed by atoms with E-state index < -0.39 is 5.97 Å². The van der Waals surface area contributed by atoms with Crippen LogP contribution in [0.5, 0.6) is 0 Å². The number of carbonyl (C=O) groups is 1. The van der Waals surface area contributed by atoms with Crippen molar-refractivity contribution in [2.75, 3.05) is 31.4 Å². The number of hydrogen-bond donors (Lipinski definition) is 0. The van der Waals surface area contributed by atoms with Crippen LogP contribution in [0.25, 0.3) is 0 Å². The van der Waals surface area contributed by atoms with Gasteiger partial charge in [-0.3, -0.25) is 0 Å². The quantitative estimate of drug-likeness (QED) is 0.474. The Morgan fingerprint density at radius 1 is 1.39 bits per heavy atom. The fourth-order valence-electron chi connectivity index (χ4n) is 2.07. The number of ether oxygens (including phenoxy) is 1. The van der Waals surface area contributed by atoms with Crippen molar-refractivity contribution in [3.8, 4) is 0 Å². The number of esters is 1. The number of anilines is 1. The Kier molecular flexibility index (Phi) is 4.41. The van der Waals surface area contributed by atoms with Gasteiger partial charge < -0.3 is 9.64 Å². The first-order valence-corrected chi connectivity index (χ1v) is 7.23. The van der Waals surface area contributed by atoms with Gasteiger partial charge in [0.1, 0.15) is 0 Å². The van der Waals surface area contributed by atoms with E-state index in [1.165, 1.54) is 25.3 Å². The molecule has 0 radical (unpaired) electrons. The molecule has 2 rings (SSSR count). The molecule has 0 atom stereocenters. The predicted octanol–water partition coefficient (Wildman–Crippen LogP) is 1.98. The van der Waals surface area contributed by atoms with E-state index in [0.717, 1.165) is 31.6 Å². The van der Waals surface area contributed by atoms with Crippen molar-refractivity contribution >= 4 is 23.4 Å². The highest BCUT2D eigenvalue weighted by Crippen LogP contribution is 2.24. The summed E-state index contributed by atoms with van der Waals surface area (Å²) in [6.07, 6.45) is 7.15. The normalized spacial score (nSPS) is 15.6. The maximum absolute atomic E-state index is 11.8. The van der Waals surface area contributed by atoms with Gasteiger partial charge in [0.2, 0.25) is 0 Å². The second-order valence-electron chi connectivity index (χ2n) is 4.13. The molecule has 1 aliphatic heterocycles. The first-order chi connectivity index (χ1) is 8.76. The lowest BCUT2D eigenvalue weighted by atomic mass is 10.1. The topological polar surface area (TPSA) is 55.3 Å². The minimum absolute atomic E-state index is 0.374. The number of aromatic nitrogens is 2. The molecule has 1 fully saturated rings. The Balaban J connectivity index is 2.35. The Bertz CT molecular complexity index is 433. The van der Waals surface area contributed by atoms with Gasteiger partial charge in [-0.25, -0.2) is 14.8 Å². The number of methoxy groups -OCH3 is 1. The second kappa shape index (κ2) is 6.04. The summed E-state index contributed by atoms with van der Waals surface area (Å²) in [6.45, 7) is 1.90. The Morgan fingerprint density at radius 2 is 2.11 bits per heavy atom. The molecular formula is C12H17N3O2S. The van der Waals surface area contributed by atoms with Gasteiger partial charge >= 0.3 is 5.97 Å². The van der Waals surface area contributed by atoms with E-state index in [2.05, 4.69) is 14.9 Å².